The van der Waals surface area contributed by atoms with E-state index in [0.29, 0.717) is 12.8 Å². The number of phosphoric acid groups is 1. The highest BCUT2D eigenvalue weighted by Gasteiger charge is 2.28. The Balaban J connectivity index is 3.84. The normalized spacial score (nSPS) is 13.9. The number of esters is 1. The van der Waals surface area contributed by atoms with Crippen LogP contribution in [0.2, 0.25) is 0 Å². The monoisotopic (exact) mass is 924 g/mol. The number of nitrogens with one attached hydrogen (secondary N) is 1. The molecule has 0 radical (unpaired) electrons. The van der Waals surface area contributed by atoms with Crippen molar-refractivity contribution < 1.29 is 47.8 Å². The van der Waals surface area contributed by atoms with Gasteiger partial charge < -0.3 is 25.2 Å². The SMILES string of the molecule is CCCCC/C=C\C/C=C\C/C=C\C/C=C\CCCCCCCCCC(=O)OCC(O)COP(=O)(O)OCC(NC(=O)CCCCCCCCCCCCCCCCCCC)C(=O)O. The second-order valence-electron chi connectivity index (χ2n) is 17.4. The first-order chi connectivity index (χ1) is 31.1. The van der Waals surface area contributed by atoms with Gasteiger partial charge in [-0.3, -0.25) is 18.6 Å². The van der Waals surface area contributed by atoms with Crippen LogP contribution in [0.5, 0.6) is 0 Å². The molecular formula is C52H94NO10P. The number of aliphatic carboxylic acids is 1. The third-order valence-electron chi connectivity index (χ3n) is 11.1. The standard InChI is InChI=1S/C52H94NO10P/c1-3-5-7-9-11-13-15-17-19-21-22-23-24-25-26-28-30-32-34-36-38-40-42-44-51(56)61-45-48(54)46-62-64(59,60)63-47-49(52(57)58)53-50(55)43-41-39-37-35-33-31-29-27-20-18-16-14-12-10-8-6-4-2/h11,13,17,19,22-23,25-26,48-49,54H,3-10,12,14-16,18,20-21,24,27-47H2,1-2H3,(H,53,55)(H,57,58)(H,59,60)/b13-11-,19-17-,23-22-,26-25-. The van der Waals surface area contributed by atoms with Gasteiger partial charge in [-0.2, -0.15) is 0 Å². The number of aliphatic hydroxyl groups excluding tert-OH is 1. The molecule has 4 N–H and O–H groups in total. The van der Waals surface area contributed by atoms with E-state index < -0.39 is 57.6 Å². The fraction of sp³-hybridized carbons (Fsp3) is 0.788. The lowest BCUT2D eigenvalue weighted by Crippen LogP contribution is -2.43. The molecule has 0 aromatic heterocycles. The van der Waals surface area contributed by atoms with Gasteiger partial charge in [-0.05, 0) is 57.8 Å². The van der Waals surface area contributed by atoms with Crippen LogP contribution >= 0.6 is 7.82 Å². The number of carbonyl (C=O) groups excluding carboxylic acids is 2. The van der Waals surface area contributed by atoms with Gasteiger partial charge in [0.05, 0.1) is 13.2 Å². The van der Waals surface area contributed by atoms with Crippen LogP contribution in [0, 0.1) is 0 Å². The van der Waals surface area contributed by atoms with Crippen molar-refractivity contribution in [3.05, 3.63) is 48.6 Å². The van der Waals surface area contributed by atoms with E-state index >= 15 is 0 Å². The molecule has 0 saturated heterocycles. The summed E-state index contributed by atoms with van der Waals surface area (Å²) in [7, 11) is -4.76. The van der Waals surface area contributed by atoms with E-state index in [2.05, 4.69) is 67.8 Å². The summed E-state index contributed by atoms with van der Waals surface area (Å²) in [6.07, 6.45) is 54.1. The third kappa shape index (κ3) is 46.0. The van der Waals surface area contributed by atoms with Crippen molar-refractivity contribution in [2.45, 2.75) is 244 Å². The lowest BCUT2D eigenvalue weighted by Gasteiger charge is -2.18. The van der Waals surface area contributed by atoms with Gasteiger partial charge in [-0.25, -0.2) is 9.36 Å². The summed E-state index contributed by atoms with van der Waals surface area (Å²) in [5.74, 6) is -2.37. The van der Waals surface area contributed by atoms with Gasteiger partial charge in [-0.1, -0.05) is 210 Å². The first-order valence-electron chi connectivity index (χ1n) is 25.7. The smallest absolute Gasteiger partial charge is 0.472 e. The van der Waals surface area contributed by atoms with Crippen molar-refractivity contribution in [3.63, 3.8) is 0 Å². The molecule has 0 rings (SSSR count). The lowest BCUT2D eigenvalue weighted by molar-refractivity contribution is -0.147. The number of unbranched alkanes of at least 4 members (excludes halogenated alkanes) is 26. The molecule has 0 aliphatic carbocycles. The Morgan fingerprint density at radius 2 is 0.859 bits per heavy atom. The minimum absolute atomic E-state index is 0.148. The van der Waals surface area contributed by atoms with E-state index in [1.54, 1.807) is 0 Å². The number of rotatable bonds is 48. The Morgan fingerprint density at radius 3 is 1.31 bits per heavy atom. The maximum atomic E-state index is 12.4. The number of carbonyl (C=O) groups is 3. The molecule has 11 nitrogen and oxygen atoms in total. The molecule has 372 valence electrons. The van der Waals surface area contributed by atoms with Crippen LogP contribution in [0.3, 0.4) is 0 Å². The van der Waals surface area contributed by atoms with Crippen LogP contribution in [0.4, 0.5) is 0 Å². The number of carboxylic acid groups (broad SMARTS) is 1. The van der Waals surface area contributed by atoms with Gasteiger partial charge >= 0.3 is 19.8 Å². The molecule has 0 aromatic rings. The highest BCUT2D eigenvalue weighted by molar-refractivity contribution is 7.47. The fourth-order valence-electron chi connectivity index (χ4n) is 7.12. The molecule has 0 aliphatic rings. The van der Waals surface area contributed by atoms with Crippen LogP contribution in [-0.4, -0.2) is 64.9 Å². The number of phosphoric ester groups is 1. The van der Waals surface area contributed by atoms with Crippen molar-refractivity contribution in [1.29, 1.82) is 0 Å². The van der Waals surface area contributed by atoms with Crippen molar-refractivity contribution in [2.75, 3.05) is 19.8 Å². The van der Waals surface area contributed by atoms with E-state index in [0.717, 1.165) is 70.6 Å². The maximum absolute atomic E-state index is 12.4. The second kappa shape index (κ2) is 47.0. The van der Waals surface area contributed by atoms with E-state index in [-0.39, 0.29) is 12.8 Å². The summed E-state index contributed by atoms with van der Waals surface area (Å²) in [4.78, 5) is 46.1. The van der Waals surface area contributed by atoms with E-state index in [9.17, 15) is 34.1 Å². The Bertz CT molecular complexity index is 1270. The van der Waals surface area contributed by atoms with Crippen molar-refractivity contribution in [2.24, 2.45) is 0 Å². The topological polar surface area (TPSA) is 169 Å². The predicted octanol–water partition coefficient (Wildman–Crippen LogP) is 14.1. The van der Waals surface area contributed by atoms with Crippen LogP contribution in [0.15, 0.2) is 48.6 Å². The summed E-state index contributed by atoms with van der Waals surface area (Å²) in [6.45, 7) is 2.58. The van der Waals surface area contributed by atoms with E-state index in [1.165, 1.54) is 122 Å². The molecule has 64 heavy (non-hydrogen) atoms. The quantitative estimate of drug-likeness (QED) is 0.0199. The molecule has 0 heterocycles. The van der Waals surface area contributed by atoms with Gasteiger partial charge in [0.1, 0.15) is 12.7 Å². The molecule has 0 spiro atoms. The summed E-state index contributed by atoms with van der Waals surface area (Å²) in [5, 5.41) is 21.9. The summed E-state index contributed by atoms with van der Waals surface area (Å²) in [6, 6.07) is -1.55. The summed E-state index contributed by atoms with van der Waals surface area (Å²) < 4.78 is 26.9. The number of allylic oxidation sites excluding steroid dienone is 8. The molecule has 0 saturated carbocycles. The first-order valence-corrected chi connectivity index (χ1v) is 27.2. The van der Waals surface area contributed by atoms with Crippen LogP contribution in [0.1, 0.15) is 232 Å². The molecule has 12 heteroatoms. The third-order valence-corrected chi connectivity index (χ3v) is 12.1. The molecule has 0 fully saturated rings. The minimum atomic E-state index is -4.76. The number of hydrogen-bond donors (Lipinski definition) is 4. The average Bonchev–Trinajstić information content (AvgIpc) is 3.27. The van der Waals surface area contributed by atoms with Gasteiger partial charge in [0.2, 0.25) is 5.91 Å². The van der Waals surface area contributed by atoms with Crippen molar-refractivity contribution in [3.8, 4) is 0 Å². The molecule has 1 amide bonds. The van der Waals surface area contributed by atoms with E-state index in [4.69, 9.17) is 13.8 Å². The van der Waals surface area contributed by atoms with Gasteiger partial charge in [0, 0.05) is 12.8 Å². The summed E-state index contributed by atoms with van der Waals surface area (Å²) >= 11 is 0. The number of ether oxygens (including phenoxy) is 1. The van der Waals surface area contributed by atoms with Gasteiger partial charge in [-0.15, -0.1) is 0 Å². The number of amides is 1. The molecule has 3 atom stereocenters. The van der Waals surface area contributed by atoms with Gasteiger partial charge in [0.25, 0.3) is 0 Å². The maximum Gasteiger partial charge on any atom is 0.472 e. The average molecular weight is 924 g/mol. The minimum Gasteiger partial charge on any atom is -0.480 e. The molecule has 0 aliphatic heterocycles. The highest BCUT2D eigenvalue weighted by atomic mass is 31.2. The zero-order valence-corrected chi connectivity index (χ0v) is 41.5. The van der Waals surface area contributed by atoms with Crippen molar-refractivity contribution >= 4 is 25.7 Å². The Kier molecular flexibility index (Phi) is 45.1. The Morgan fingerprint density at radius 1 is 0.500 bits per heavy atom. The predicted molar refractivity (Wildman–Crippen MR) is 263 cm³/mol. The van der Waals surface area contributed by atoms with E-state index in [1.807, 2.05) is 0 Å². The number of carboxylic acids is 1. The fourth-order valence-corrected chi connectivity index (χ4v) is 7.90. The van der Waals surface area contributed by atoms with Crippen LogP contribution in [0.25, 0.3) is 0 Å². The van der Waals surface area contributed by atoms with Gasteiger partial charge in [0.15, 0.2) is 6.04 Å². The first kappa shape index (κ1) is 61.4. The second-order valence-corrected chi connectivity index (χ2v) is 18.8. The largest absolute Gasteiger partial charge is 0.480 e. The zero-order chi connectivity index (χ0) is 47.0. The van der Waals surface area contributed by atoms with Crippen LogP contribution < -0.4 is 5.32 Å². The molecular weight excluding hydrogens is 830 g/mol. The molecule has 0 bridgehead atoms. The Hall–Kier alpha value is -2.56. The number of hydrogen-bond acceptors (Lipinski definition) is 8. The highest BCUT2D eigenvalue weighted by Crippen LogP contribution is 2.43. The zero-order valence-electron chi connectivity index (χ0n) is 40.6. The Labute approximate surface area is 390 Å². The lowest BCUT2D eigenvalue weighted by atomic mass is 10.0. The molecule has 3 unspecified atom stereocenters. The molecule has 0 aromatic carbocycles. The summed E-state index contributed by atoms with van der Waals surface area (Å²) in [5.41, 5.74) is 0. The van der Waals surface area contributed by atoms with Crippen LogP contribution in [-0.2, 0) is 32.7 Å². The number of aliphatic hydroxyl groups is 1. The van der Waals surface area contributed by atoms with Crippen molar-refractivity contribution in [1.82, 2.24) is 5.32 Å².